The van der Waals surface area contributed by atoms with Gasteiger partial charge < -0.3 is 19.4 Å². The molecular formula is C22H20N8O. The number of aromatic nitrogens is 6. The van der Waals surface area contributed by atoms with Gasteiger partial charge in [-0.05, 0) is 36.4 Å². The second-order valence-electron chi connectivity index (χ2n) is 7.43. The molecule has 0 atom stereocenters. The zero-order chi connectivity index (χ0) is 20.6. The number of H-pyrrole nitrogens is 1. The Morgan fingerprint density at radius 3 is 2.68 bits per heavy atom. The van der Waals surface area contributed by atoms with Gasteiger partial charge in [0.15, 0.2) is 11.5 Å². The SMILES string of the molecule is c1cn2cc(-c3ccc4n[nH]nc4c3)nc(Nc3ccc(N4CCOCC4)cc3)c2n1. The maximum Gasteiger partial charge on any atom is 0.180 e. The molecule has 31 heavy (non-hydrogen) atoms. The fourth-order valence-corrected chi connectivity index (χ4v) is 3.87. The molecule has 9 heteroatoms. The summed E-state index contributed by atoms with van der Waals surface area (Å²) in [5.41, 5.74) is 6.33. The lowest BCUT2D eigenvalue weighted by molar-refractivity contribution is 0.122. The number of morpholine rings is 1. The van der Waals surface area contributed by atoms with Gasteiger partial charge >= 0.3 is 0 Å². The Kier molecular flexibility index (Phi) is 4.24. The molecule has 1 fully saturated rings. The number of nitrogens with one attached hydrogen (secondary N) is 2. The minimum atomic E-state index is 0.696. The average Bonchev–Trinajstić information content (AvgIpc) is 3.49. The highest BCUT2D eigenvalue weighted by Crippen LogP contribution is 2.27. The number of benzene rings is 2. The molecule has 0 radical (unpaired) electrons. The number of ether oxygens (including phenoxy) is 1. The molecule has 0 amide bonds. The predicted molar refractivity (Wildman–Crippen MR) is 119 cm³/mol. The Balaban J connectivity index is 1.33. The molecule has 9 nitrogen and oxygen atoms in total. The van der Waals surface area contributed by atoms with Crippen molar-refractivity contribution < 1.29 is 4.74 Å². The number of anilines is 3. The van der Waals surface area contributed by atoms with Crippen LogP contribution in [0.3, 0.4) is 0 Å². The van der Waals surface area contributed by atoms with Crippen LogP contribution >= 0.6 is 0 Å². The third-order valence-electron chi connectivity index (χ3n) is 5.49. The largest absolute Gasteiger partial charge is 0.378 e. The number of fused-ring (bicyclic) bond motifs is 2. The summed E-state index contributed by atoms with van der Waals surface area (Å²) in [7, 11) is 0. The molecule has 1 aliphatic heterocycles. The van der Waals surface area contributed by atoms with Crippen LogP contribution in [0.15, 0.2) is 61.1 Å². The van der Waals surface area contributed by atoms with Crippen molar-refractivity contribution in [1.29, 1.82) is 0 Å². The number of hydrogen-bond acceptors (Lipinski definition) is 7. The summed E-state index contributed by atoms with van der Waals surface area (Å²) in [4.78, 5) is 11.7. The molecule has 2 aromatic carbocycles. The summed E-state index contributed by atoms with van der Waals surface area (Å²) >= 11 is 0. The fraction of sp³-hybridized carbons (Fsp3) is 0.182. The van der Waals surface area contributed by atoms with Crippen LogP contribution in [0.5, 0.6) is 0 Å². The van der Waals surface area contributed by atoms with Crippen molar-refractivity contribution in [1.82, 2.24) is 29.8 Å². The number of hydrogen-bond donors (Lipinski definition) is 2. The Morgan fingerprint density at radius 2 is 1.81 bits per heavy atom. The second kappa shape index (κ2) is 7.37. The van der Waals surface area contributed by atoms with Gasteiger partial charge in [0.2, 0.25) is 0 Å². The standard InChI is InChI=1S/C22H20N8O/c1-6-18-19(27-28-26-18)13-15(1)20-14-30-8-7-23-22(30)21(25-20)24-16-2-4-17(5-3-16)29-9-11-31-12-10-29/h1-8,13-14H,9-12H2,(H,24,25)(H,26,27,28). The van der Waals surface area contributed by atoms with E-state index in [1.165, 1.54) is 5.69 Å². The average molecular weight is 412 g/mol. The minimum Gasteiger partial charge on any atom is -0.378 e. The first kappa shape index (κ1) is 17.8. The van der Waals surface area contributed by atoms with E-state index in [4.69, 9.17) is 9.72 Å². The van der Waals surface area contributed by atoms with Crippen LogP contribution in [-0.4, -0.2) is 56.1 Å². The Morgan fingerprint density at radius 1 is 0.968 bits per heavy atom. The molecule has 0 bridgehead atoms. The summed E-state index contributed by atoms with van der Waals surface area (Å²) in [6, 6.07) is 14.3. The smallest absolute Gasteiger partial charge is 0.180 e. The van der Waals surface area contributed by atoms with E-state index in [1.807, 2.05) is 35.0 Å². The van der Waals surface area contributed by atoms with Crippen LogP contribution in [0, 0.1) is 0 Å². The van der Waals surface area contributed by atoms with Crippen molar-refractivity contribution in [3.63, 3.8) is 0 Å². The minimum absolute atomic E-state index is 0.696. The third-order valence-corrected chi connectivity index (χ3v) is 5.49. The number of nitrogens with zero attached hydrogens (tertiary/aromatic N) is 6. The zero-order valence-corrected chi connectivity index (χ0v) is 16.7. The molecule has 1 aliphatic rings. The van der Waals surface area contributed by atoms with Gasteiger partial charge in [-0.2, -0.15) is 15.4 Å². The topological polar surface area (TPSA) is 96.3 Å². The number of rotatable bonds is 4. The van der Waals surface area contributed by atoms with Crippen LogP contribution in [0.25, 0.3) is 27.9 Å². The van der Waals surface area contributed by atoms with E-state index in [1.54, 1.807) is 6.20 Å². The Labute approximate surface area is 177 Å². The normalized spacial score (nSPS) is 14.4. The van der Waals surface area contributed by atoms with Gasteiger partial charge in [-0.25, -0.2) is 9.97 Å². The molecular weight excluding hydrogens is 392 g/mol. The summed E-state index contributed by atoms with van der Waals surface area (Å²) in [6.07, 6.45) is 5.66. The van der Waals surface area contributed by atoms with Gasteiger partial charge in [0.05, 0.1) is 18.9 Å². The van der Waals surface area contributed by atoms with Crippen molar-refractivity contribution in [2.75, 3.05) is 36.5 Å². The van der Waals surface area contributed by atoms with Crippen LogP contribution in [0.2, 0.25) is 0 Å². The van der Waals surface area contributed by atoms with E-state index in [0.29, 0.717) is 5.82 Å². The van der Waals surface area contributed by atoms with Gasteiger partial charge in [0.25, 0.3) is 0 Å². The quantitative estimate of drug-likeness (QED) is 0.468. The second-order valence-corrected chi connectivity index (χ2v) is 7.43. The van der Waals surface area contributed by atoms with Crippen molar-refractivity contribution >= 4 is 33.9 Å². The van der Waals surface area contributed by atoms with Gasteiger partial charge in [-0.15, -0.1) is 0 Å². The van der Waals surface area contributed by atoms with E-state index in [9.17, 15) is 0 Å². The summed E-state index contributed by atoms with van der Waals surface area (Å²) in [6.45, 7) is 3.38. The van der Waals surface area contributed by atoms with Gasteiger partial charge in [-0.3, -0.25) is 0 Å². The van der Waals surface area contributed by atoms with Gasteiger partial charge in [0, 0.05) is 48.6 Å². The van der Waals surface area contributed by atoms with Crippen LogP contribution in [0.4, 0.5) is 17.2 Å². The van der Waals surface area contributed by atoms with E-state index >= 15 is 0 Å². The maximum atomic E-state index is 5.44. The summed E-state index contributed by atoms with van der Waals surface area (Å²) < 4.78 is 7.42. The van der Waals surface area contributed by atoms with Crippen LogP contribution < -0.4 is 10.2 Å². The molecule has 154 valence electrons. The van der Waals surface area contributed by atoms with Gasteiger partial charge in [0.1, 0.15) is 11.0 Å². The zero-order valence-electron chi connectivity index (χ0n) is 16.7. The van der Waals surface area contributed by atoms with E-state index in [0.717, 1.165) is 59.9 Å². The molecule has 2 N–H and O–H groups in total. The molecule has 0 saturated carbocycles. The first-order chi connectivity index (χ1) is 15.3. The lowest BCUT2D eigenvalue weighted by atomic mass is 10.1. The van der Waals surface area contributed by atoms with Crippen LogP contribution in [0.1, 0.15) is 0 Å². The summed E-state index contributed by atoms with van der Waals surface area (Å²) in [5.74, 6) is 0.696. The predicted octanol–water partition coefficient (Wildman–Crippen LogP) is 3.25. The van der Waals surface area contributed by atoms with Crippen LogP contribution in [-0.2, 0) is 4.74 Å². The fourth-order valence-electron chi connectivity index (χ4n) is 3.87. The lowest BCUT2D eigenvalue weighted by Crippen LogP contribution is -2.36. The van der Waals surface area contributed by atoms with E-state index in [2.05, 4.69) is 54.9 Å². The van der Waals surface area contributed by atoms with Gasteiger partial charge in [-0.1, -0.05) is 6.07 Å². The van der Waals surface area contributed by atoms with Crippen molar-refractivity contribution in [2.24, 2.45) is 0 Å². The monoisotopic (exact) mass is 412 g/mol. The van der Waals surface area contributed by atoms with Crippen molar-refractivity contribution in [3.05, 3.63) is 61.1 Å². The maximum absolute atomic E-state index is 5.44. The summed E-state index contributed by atoms with van der Waals surface area (Å²) in [5, 5.41) is 14.4. The molecule has 0 spiro atoms. The van der Waals surface area contributed by atoms with E-state index < -0.39 is 0 Å². The molecule has 0 aliphatic carbocycles. The van der Waals surface area contributed by atoms with E-state index in [-0.39, 0.29) is 0 Å². The Bertz CT molecular complexity index is 1350. The highest BCUT2D eigenvalue weighted by atomic mass is 16.5. The highest BCUT2D eigenvalue weighted by molar-refractivity contribution is 5.81. The van der Waals surface area contributed by atoms with Crippen molar-refractivity contribution in [3.8, 4) is 11.3 Å². The first-order valence-corrected chi connectivity index (χ1v) is 10.2. The number of imidazole rings is 1. The molecule has 3 aromatic heterocycles. The molecule has 4 heterocycles. The molecule has 1 saturated heterocycles. The number of aromatic amines is 1. The molecule has 0 unspecified atom stereocenters. The lowest BCUT2D eigenvalue weighted by Gasteiger charge is -2.28. The molecule has 5 aromatic rings. The Hall–Kier alpha value is -3.98. The first-order valence-electron chi connectivity index (χ1n) is 10.2. The third kappa shape index (κ3) is 3.34. The highest BCUT2D eigenvalue weighted by Gasteiger charge is 2.13. The molecule has 6 rings (SSSR count). The van der Waals surface area contributed by atoms with Crippen molar-refractivity contribution in [2.45, 2.75) is 0 Å².